The maximum Gasteiger partial charge on any atom is 0.0976 e. The highest BCUT2D eigenvalue weighted by molar-refractivity contribution is 7.84. The number of hydrogen-bond donors (Lipinski definition) is 1. The van der Waals surface area contributed by atoms with Gasteiger partial charge in [-0.3, -0.25) is 0 Å². The largest absolute Gasteiger partial charge is 0.242 e. The second kappa shape index (κ2) is 9.77. The highest BCUT2D eigenvalue weighted by Gasteiger charge is 2.34. The Balaban J connectivity index is 2.18. The van der Waals surface area contributed by atoms with Crippen LogP contribution in [0.2, 0.25) is 0 Å². The molecule has 3 aromatic rings. The van der Waals surface area contributed by atoms with E-state index >= 15 is 0 Å². The lowest BCUT2D eigenvalue weighted by Gasteiger charge is -2.36. The summed E-state index contributed by atoms with van der Waals surface area (Å²) in [6, 6.07) is 30.1. The lowest BCUT2D eigenvalue weighted by atomic mass is 9.83. The van der Waals surface area contributed by atoms with E-state index in [0.29, 0.717) is 0 Å². The van der Waals surface area contributed by atoms with Crippen LogP contribution in [-0.4, -0.2) is 8.96 Å². The van der Waals surface area contributed by atoms with Crippen LogP contribution in [0.5, 0.6) is 0 Å². The molecule has 0 aliphatic heterocycles. The summed E-state index contributed by atoms with van der Waals surface area (Å²) in [5.41, 5.74) is 1.12. The minimum atomic E-state index is -1.17. The molecule has 1 unspecified atom stereocenters. The summed E-state index contributed by atoms with van der Waals surface area (Å²) in [5, 5.41) is 3.95. The topological polar surface area (TPSA) is 29.1 Å². The average molecular weight is 452 g/mol. The Morgan fingerprint density at radius 2 is 1.16 bits per heavy atom. The van der Waals surface area contributed by atoms with Crippen LogP contribution >= 0.6 is 7.92 Å². The normalized spacial score (nSPS) is 14.4. The molecule has 0 aliphatic carbocycles. The second-order valence-corrected chi connectivity index (χ2v) is 14.0. The van der Waals surface area contributed by atoms with Crippen molar-refractivity contribution in [2.75, 3.05) is 0 Å². The summed E-state index contributed by atoms with van der Waals surface area (Å²) in [5.74, 6) is 0. The van der Waals surface area contributed by atoms with Gasteiger partial charge in [0.25, 0.3) is 0 Å². The van der Waals surface area contributed by atoms with E-state index in [9.17, 15) is 4.21 Å². The SMILES string of the molecule is CC(C)(C)[C@H](NS(=O)C(C)(C)C)c1ccccc1P(c1ccccc1)c1ccccc1. The first-order valence-electron chi connectivity index (χ1n) is 10.8. The molecule has 0 aromatic heterocycles. The molecular formula is C27H34NOPS. The first-order chi connectivity index (χ1) is 14.6. The molecule has 3 rings (SSSR count). The predicted molar refractivity (Wildman–Crippen MR) is 138 cm³/mol. The van der Waals surface area contributed by atoms with Crippen LogP contribution in [0.4, 0.5) is 0 Å². The van der Waals surface area contributed by atoms with Gasteiger partial charge >= 0.3 is 0 Å². The molecule has 0 radical (unpaired) electrons. The van der Waals surface area contributed by atoms with Gasteiger partial charge in [-0.1, -0.05) is 106 Å². The molecule has 31 heavy (non-hydrogen) atoms. The minimum absolute atomic E-state index is 0.0406. The fourth-order valence-corrected chi connectivity index (χ4v) is 7.05. The van der Waals surface area contributed by atoms with Crippen LogP contribution in [0.1, 0.15) is 53.1 Å². The van der Waals surface area contributed by atoms with Crippen LogP contribution in [0.15, 0.2) is 84.9 Å². The summed E-state index contributed by atoms with van der Waals surface area (Å²) in [4.78, 5) is 0. The lowest BCUT2D eigenvalue weighted by molar-refractivity contribution is 0.308. The van der Waals surface area contributed by atoms with Gasteiger partial charge in [0.1, 0.15) is 0 Å². The third-order valence-electron chi connectivity index (χ3n) is 5.16. The Morgan fingerprint density at radius 3 is 1.61 bits per heavy atom. The first-order valence-corrected chi connectivity index (χ1v) is 13.3. The van der Waals surface area contributed by atoms with Gasteiger partial charge < -0.3 is 0 Å². The van der Waals surface area contributed by atoms with Gasteiger partial charge in [-0.2, -0.15) is 0 Å². The molecular weight excluding hydrogens is 417 g/mol. The molecule has 164 valence electrons. The van der Waals surface area contributed by atoms with Crippen LogP contribution in [0.25, 0.3) is 0 Å². The maximum atomic E-state index is 13.1. The molecule has 0 fully saturated rings. The van der Waals surface area contributed by atoms with E-state index in [2.05, 4.69) is 110 Å². The van der Waals surface area contributed by atoms with Crippen molar-refractivity contribution in [3.63, 3.8) is 0 Å². The zero-order valence-electron chi connectivity index (χ0n) is 19.4. The average Bonchev–Trinajstić information content (AvgIpc) is 2.73. The van der Waals surface area contributed by atoms with Crippen LogP contribution in [0.3, 0.4) is 0 Å². The zero-order valence-corrected chi connectivity index (χ0v) is 21.1. The van der Waals surface area contributed by atoms with E-state index in [1.165, 1.54) is 21.5 Å². The molecule has 0 amide bonds. The summed E-state index contributed by atoms with van der Waals surface area (Å²) < 4.78 is 16.3. The van der Waals surface area contributed by atoms with Crippen molar-refractivity contribution in [1.29, 1.82) is 0 Å². The van der Waals surface area contributed by atoms with Crippen molar-refractivity contribution in [3.8, 4) is 0 Å². The van der Waals surface area contributed by atoms with Gasteiger partial charge in [-0.25, -0.2) is 8.93 Å². The Morgan fingerprint density at radius 1 is 0.710 bits per heavy atom. The van der Waals surface area contributed by atoms with Gasteiger partial charge in [-0.15, -0.1) is 0 Å². The Kier molecular flexibility index (Phi) is 7.52. The minimum Gasteiger partial charge on any atom is -0.242 e. The quantitative estimate of drug-likeness (QED) is 0.487. The van der Waals surface area contributed by atoms with Crippen molar-refractivity contribution in [1.82, 2.24) is 4.72 Å². The molecule has 2 atom stereocenters. The monoisotopic (exact) mass is 451 g/mol. The van der Waals surface area contributed by atoms with Crippen LogP contribution in [0, 0.1) is 5.41 Å². The van der Waals surface area contributed by atoms with Gasteiger partial charge in [0.05, 0.1) is 15.7 Å². The van der Waals surface area contributed by atoms with Gasteiger partial charge in [-0.05, 0) is 55.6 Å². The van der Waals surface area contributed by atoms with E-state index < -0.39 is 18.9 Å². The smallest absolute Gasteiger partial charge is 0.0976 e. The lowest BCUT2D eigenvalue weighted by Crippen LogP contribution is -2.42. The number of nitrogens with one attached hydrogen (secondary N) is 1. The van der Waals surface area contributed by atoms with E-state index in [-0.39, 0.29) is 16.2 Å². The third-order valence-corrected chi connectivity index (χ3v) is 9.24. The van der Waals surface area contributed by atoms with E-state index in [4.69, 9.17) is 0 Å². The van der Waals surface area contributed by atoms with Crippen LogP contribution in [-0.2, 0) is 11.0 Å². The van der Waals surface area contributed by atoms with Crippen molar-refractivity contribution >= 4 is 34.8 Å². The Bertz CT molecular complexity index is 967. The molecule has 4 heteroatoms. The Hall–Kier alpha value is -1.80. The summed E-state index contributed by atoms with van der Waals surface area (Å²) >= 11 is 0. The summed E-state index contributed by atoms with van der Waals surface area (Å²) in [6.07, 6.45) is 0. The van der Waals surface area contributed by atoms with Crippen molar-refractivity contribution in [3.05, 3.63) is 90.5 Å². The van der Waals surface area contributed by atoms with Crippen molar-refractivity contribution in [2.24, 2.45) is 5.41 Å². The molecule has 0 bridgehead atoms. The van der Waals surface area contributed by atoms with Gasteiger partial charge in [0, 0.05) is 6.04 Å². The summed E-state index contributed by atoms with van der Waals surface area (Å²) in [7, 11) is -1.91. The standard InChI is InChI=1S/C27H34NOPS/c1-26(2,3)25(28-31(29)27(4,5)6)23-19-13-14-20-24(23)30(21-15-9-7-10-16-21)22-17-11-8-12-18-22/h7-20,25,28H,1-6H3/t25-,31?/m1/s1. The molecule has 0 saturated carbocycles. The fraction of sp³-hybridized carbons (Fsp3) is 0.333. The third kappa shape index (κ3) is 5.92. The van der Waals surface area contributed by atoms with E-state index in [1.807, 2.05) is 20.8 Å². The second-order valence-electron chi connectivity index (χ2n) is 9.86. The molecule has 0 spiro atoms. The summed E-state index contributed by atoms with van der Waals surface area (Å²) in [6.45, 7) is 12.7. The van der Waals surface area contributed by atoms with Crippen molar-refractivity contribution in [2.45, 2.75) is 52.3 Å². The molecule has 1 N–H and O–H groups in total. The predicted octanol–water partition coefficient (Wildman–Crippen LogP) is 5.58. The number of hydrogen-bond acceptors (Lipinski definition) is 1. The van der Waals surface area contributed by atoms with Crippen molar-refractivity contribution < 1.29 is 4.21 Å². The number of rotatable bonds is 6. The molecule has 0 aliphatic rings. The highest BCUT2D eigenvalue weighted by Crippen LogP contribution is 2.40. The zero-order chi connectivity index (χ0) is 22.6. The van der Waals surface area contributed by atoms with Gasteiger partial charge in [0.2, 0.25) is 0 Å². The molecule has 2 nitrogen and oxygen atoms in total. The van der Waals surface area contributed by atoms with E-state index in [1.54, 1.807) is 0 Å². The van der Waals surface area contributed by atoms with E-state index in [0.717, 1.165) is 0 Å². The number of benzene rings is 3. The molecule has 3 aromatic carbocycles. The Labute approximate surface area is 191 Å². The molecule has 0 heterocycles. The van der Waals surface area contributed by atoms with Gasteiger partial charge in [0.15, 0.2) is 0 Å². The van der Waals surface area contributed by atoms with Crippen LogP contribution < -0.4 is 20.6 Å². The fourth-order valence-electron chi connectivity index (χ4n) is 3.51. The highest BCUT2D eigenvalue weighted by atomic mass is 32.2. The maximum absolute atomic E-state index is 13.1. The first kappa shape index (κ1) is 23.9. The molecule has 0 saturated heterocycles.